The van der Waals surface area contributed by atoms with Crippen molar-refractivity contribution in [2.24, 2.45) is 11.5 Å². The summed E-state index contributed by atoms with van der Waals surface area (Å²) in [6, 6.07) is 5.98. The Labute approximate surface area is 165 Å². The van der Waals surface area contributed by atoms with Gasteiger partial charge in [-0.1, -0.05) is 12.1 Å². The number of hydrogen-bond acceptors (Lipinski definition) is 4. The maximum Gasteiger partial charge on any atom is 0.424 e. The number of halogens is 6. The molecule has 148 valence electrons. The minimum atomic E-state index is -5.34. The molecule has 0 aliphatic carbocycles. The highest BCUT2D eigenvalue weighted by atomic mass is 127. The minimum absolute atomic E-state index is 0.0983. The van der Waals surface area contributed by atoms with E-state index in [-0.39, 0.29) is 5.56 Å². The van der Waals surface area contributed by atoms with Crippen molar-refractivity contribution in [1.82, 2.24) is 4.98 Å². The van der Waals surface area contributed by atoms with Gasteiger partial charge in [-0.25, -0.2) is 13.8 Å². The molecule has 4 nitrogen and oxygen atoms in total. The number of nitrogens with two attached hydrogens (primary N) is 2. The summed E-state index contributed by atoms with van der Waals surface area (Å²) in [4.78, 5) is 3.50. The molecule has 0 bridgehead atoms. The molecule has 27 heavy (non-hydrogen) atoms. The van der Waals surface area contributed by atoms with Gasteiger partial charge in [-0.05, 0) is 48.6 Å². The van der Waals surface area contributed by atoms with Crippen LogP contribution in [0, 0.1) is 15.2 Å². The van der Waals surface area contributed by atoms with Gasteiger partial charge in [0.15, 0.2) is 11.6 Å². The van der Waals surface area contributed by atoms with Crippen molar-refractivity contribution in [3.05, 3.63) is 50.7 Å². The van der Waals surface area contributed by atoms with Crippen LogP contribution < -0.4 is 11.5 Å². The zero-order valence-electron chi connectivity index (χ0n) is 14.3. The van der Waals surface area contributed by atoms with E-state index in [4.69, 9.17) is 11.5 Å². The Morgan fingerprint density at radius 1 is 1.07 bits per heavy atom. The van der Waals surface area contributed by atoms with E-state index in [0.29, 0.717) is 0 Å². The fourth-order valence-corrected chi connectivity index (χ4v) is 2.89. The van der Waals surface area contributed by atoms with E-state index in [9.17, 15) is 22.7 Å². The summed E-state index contributed by atoms with van der Waals surface area (Å²) in [5, 5.41) is 10.1. The summed E-state index contributed by atoms with van der Waals surface area (Å²) < 4.78 is 71.0. The molecule has 0 fully saturated rings. The van der Waals surface area contributed by atoms with Crippen molar-refractivity contribution in [2.75, 3.05) is 6.54 Å². The molecule has 1 heterocycles. The minimum Gasteiger partial charge on any atom is -0.374 e. The first-order chi connectivity index (χ1) is 12.2. The van der Waals surface area contributed by atoms with Crippen molar-refractivity contribution in [3.8, 4) is 11.3 Å². The first kappa shape index (κ1) is 21.9. The highest BCUT2D eigenvalue weighted by molar-refractivity contribution is 14.1. The van der Waals surface area contributed by atoms with Crippen LogP contribution in [0.3, 0.4) is 0 Å². The van der Waals surface area contributed by atoms with E-state index in [2.05, 4.69) is 4.98 Å². The lowest BCUT2D eigenvalue weighted by molar-refractivity contribution is -0.264. The van der Waals surface area contributed by atoms with Crippen molar-refractivity contribution in [3.63, 3.8) is 0 Å². The van der Waals surface area contributed by atoms with Gasteiger partial charge in [0.2, 0.25) is 5.60 Å². The number of aliphatic hydroxyl groups is 1. The van der Waals surface area contributed by atoms with E-state index in [1.54, 1.807) is 12.1 Å². The van der Waals surface area contributed by atoms with Crippen LogP contribution in [0.25, 0.3) is 11.3 Å². The second kappa shape index (κ2) is 7.22. The maximum atomic E-state index is 15.0. The number of benzene rings is 1. The van der Waals surface area contributed by atoms with E-state index in [0.717, 1.165) is 3.57 Å². The number of pyridine rings is 1. The van der Waals surface area contributed by atoms with Gasteiger partial charge in [0.25, 0.3) is 0 Å². The first-order valence-corrected chi connectivity index (χ1v) is 8.76. The van der Waals surface area contributed by atoms with Crippen molar-refractivity contribution >= 4 is 22.6 Å². The topological polar surface area (TPSA) is 85.2 Å². The zero-order chi connectivity index (χ0) is 20.8. The second-order valence-corrected chi connectivity index (χ2v) is 7.85. The van der Waals surface area contributed by atoms with Crippen LogP contribution in [0.15, 0.2) is 24.3 Å². The van der Waals surface area contributed by atoms with Crippen LogP contribution in [-0.4, -0.2) is 22.8 Å². The van der Waals surface area contributed by atoms with E-state index < -0.39 is 52.4 Å². The summed E-state index contributed by atoms with van der Waals surface area (Å²) >= 11 is 1.99. The fourth-order valence-electron chi connectivity index (χ4n) is 2.53. The lowest BCUT2D eigenvalue weighted by Gasteiger charge is -2.31. The summed E-state index contributed by atoms with van der Waals surface area (Å²) in [6.07, 6.45) is -5.34. The third kappa shape index (κ3) is 3.93. The molecule has 0 aliphatic heterocycles. The number of alkyl halides is 3. The first-order valence-electron chi connectivity index (χ1n) is 7.68. The van der Waals surface area contributed by atoms with Crippen LogP contribution in [0.1, 0.15) is 25.1 Å². The van der Waals surface area contributed by atoms with Crippen molar-refractivity contribution < 1.29 is 27.1 Å². The standard InChI is InChI=1S/C17H17F5IN3O/c1-15(2,25)10-11(18)13(8-3-5-9(23)6-4-8)26-14(12(10)19)16(27,7-24)17(20,21)22/h3-6,27H,7,24-25H2,1-2H3. The predicted molar refractivity (Wildman–Crippen MR) is 98.5 cm³/mol. The average Bonchev–Trinajstić information content (AvgIpc) is 2.53. The third-order valence-electron chi connectivity index (χ3n) is 4.00. The Morgan fingerprint density at radius 2 is 1.59 bits per heavy atom. The Balaban J connectivity index is 2.94. The van der Waals surface area contributed by atoms with Crippen molar-refractivity contribution in [1.29, 1.82) is 0 Å². The van der Waals surface area contributed by atoms with Crippen LogP contribution in [0.4, 0.5) is 22.0 Å². The molecule has 1 unspecified atom stereocenters. The maximum absolute atomic E-state index is 15.0. The Morgan fingerprint density at radius 3 is 2.00 bits per heavy atom. The smallest absolute Gasteiger partial charge is 0.374 e. The summed E-state index contributed by atoms with van der Waals surface area (Å²) in [5.41, 5.74) is 2.69. The number of hydrogen-bond donors (Lipinski definition) is 3. The quantitative estimate of drug-likeness (QED) is 0.442. The van der Waals surface area contributed by atoms with E-state index >= 15 is 4.39 Å². The van der Waals surface area contributed by atoms with Crippen molar-refractivity contribution in [2.45, 2.75) is 31.2 Å². The highest BCUT2D eigenvalue weighted by Crippen LogP contribution is 2.42. The summed E-state index contributed by atoms with van der Waals surface area (Å²) in [7, 11) is 0. The monoisotopic (exact) mass is 501 g/mol. The lowest BCUT2D eigenvalue weighted by Crippen LogP contribution is -2.50. The van der Waals surface area contributed by atoms with Gasteiger partial charge in [0.1, 0.15) is 11.4 Å². The molecular weight excluding hydrogens is 484 g/mol. The highest BCUT2D eigenvalue weighted by Gasteiger charge is 2.57. The van der Waals surface area contributed by atoms with Gasteiger partial charge in [-0.15, -0.1) is 0 Å². The van der Waals surface area contributed by atoms with Crippen LogP contribution in [0.5, 0.6) is 0 Å². The van der Waals surface area contributed by atoms with Gasteiger partial charge in [-0.3, -0.25) is 0 Å². The largest absolute Gasteiger partial charge is 0.424 e. The Hall–Kier alpha value is -1.37. The van der Waals surface area contributed by atoms with Gasteiger partial charge in [0.05, 0.1) is 0 Å². The molecule has 1 atom stereocenters. The molecule has 0 saturated carbocycles. The van der Waals surface area contributed by atoms with Gasteiger partial charge >= 0.3 is 6.18 Å². The Kier molecular flexibility index (Phi) is 5.87. The normalized spacial score (nSPS) is 14.9. The second-order valence-electron chi connectivity index (χ2n) is 6.60. The van der Waals surface area contributed by atoms with Gasteiger partial charge in [-0.2, -0.15) is 13.2 Å². The molecule has 0 aliphatic rings. The lowest BCUT2D eigenvalue weighted by atomic mass is 9.88. The molecule has 2 aromatic rings. The molecule has 5 N–H and O–H groups in total. The molecular formula is C17H17F5IN3O. The Bertz CT molecular complexity index is 850. The number of nitrogens with zero attached hydrogens (tertiary/aromatic N) is 1. The van der Waals surface area contributed by atoms with Gasteiger partial charge < -0.3 is 16.6 Å². The number of aromatic nitrogens is 1. The summed E-state index contributed by atoms with van der Waals surface area (Å²) in [6.45, 7) is 1.05. The SMILES string of the molecule is CC(C)(N)c1c(F)c(-c2ccc(I)cc2)nc(C(O)(CN)C(F)(F)F)c1F. The number of rotatable bonds is 4. The molecule has 2 rings (SSSR count). The molecule has 0 spiro atoms. The average molecular weight is 501 g/mol. The van der Waals surface area contributed by atoms with Crippen LogP contribution >= 0.6 is 22.6 Å². The molecule has 10 heteroatoms. The van der Waals surface area contributed by atoms with E-state index in [1.807, 2.05) is 22.6 Å². The third-order valence-corrected chi connectivity index (χ3v) is 4.72. The van der Waals surface area contributed by atoms with Crippen LogP contribution in [-0.2, 0) is 11.1 Å². The predicted octanol–water partition coefficient (Wildman–Crippen LogP) is 3.53. The fraction of sp³-hybridized carbons (Fsp3) is 0.353. The molecule has 0 amide bonds. The van der Waals surface area contributed by atoms with Crippen LogP contribution in [0.2, 0.25) is 0 Å². The molecule has 1 aromatic carbocycles. The van der Waals surface area contributed by atoms with Gasteiger partial charge in [0, 0.05) is 26.8 Å². The summed E-state index contributed by atoms with van der Waals surface area (Å²) in [5.74, 6) is -2.88. The van der Waals surface area contributed by atoms with E-state index in [1.165, 1.54) is 26.0 Å². The molecule has 1 aromatic heterocycles. The zero-order valence-corrected chi connectivity index (χ0v) is 16.5. The molecule has 0 saturated heterocycles. The molecule has 0 radical (unpaired) electrons.